The first-order valence-corrected chi connectivity index (χ1v) is 11.3. The van der Waals surface area contributed by atoms with Crippen molar-refractivity contribution in [2.24, 2.45) is 0 Å². The number of benzene rings is 2. The smallest absolute Gasteiger partial charge is 0.311 e. The Morgan fingerprint density at radius 1 is 1.18 bits per heavy atom. The van der Waals surface area contributed by atoms with Crippen molar-refractivity contribution in [2.75, 3.05) is 19.0 Å². The largest absolute Gasteiger partial charge is 0.497 e. The number of thiazole rings is 1. The number of hydrogen-bond acceptors (Lipinski definition) is 7. The molecule has 2 aromatic carbocycles. The van der Waals surface area contributed by atoms with Crippen LogP contribution in [0.3, 0.4) is 0 Å². The molecule has 0 unspecified atom stereocenters. The van der Waals surface area contributed by atoms with E-state index >= 15 is 0 Å². The molecular formula is C24H21FN4O4S. The standard InChI is InChI=1S/C24H21FN4O4S/c1-3-33-21(30)12-17-14-34-24(26-17)27-23(31)20-13-29(18-9-7-16(25)8-10-18)28-22(20)15-5-4-6-19(11-15)32-2/h4-11,13-14H,3,12H2,1-2H3,(H,26,27,31). The highest BCUT2D eigenvalue weighted by molar-refractivity contribution is 7.14. The van der Waals surface area contributed by atoms with Gasteiger partial charge in [0, 0.05) is 17.1 Å². The van der Waals surface area contributed by atoms with Crippen molar-refractivity contribution in [3.05, 3.63) is 77.2 Å². The molecule has 0 atom stereocenters. The number of aromatic nitrogens is 3. The van der Waals surface area contributed by atoms with Crippen LogP contribution in [0, 0.1) is 5.82 Å². The van der Waals surface area contributed by atoms with Crippen molar-refractivity contribution >= 4 is 28.3 Å². The minimum absolute atomic E-state index is 0.0256. The summed E-state index contributed by atoms with van der Waals surface area (Å²) < 4.78 is 25.1. The number of methoxy groups -OCH3 is 1. The Hall–Kier alpha value is -4.05. The summed E-state index contributed by atoms with van der Waals surface area (Å²) in [6.45, 7) is 2.02. The van der Waals surface area contributed by atoms with Crippen molar-refractivity contribution in [3.63, 3.8) is 0 Å². The van der Waals surface area contributed by atoms with Crippen LogP contribution in [-0.4, -0.2) is 40.4 Å². The third kappa shape index (κ3) is 5.29. The number of nitrogens with zero attached hydrogens (tertiary/aromatic N) is 3. The molecular weight excluding hydrogens is 459 g/mol. The zero-order chi connectivity index (χ0) is 24.1. The molecule has 1 amide bonds. The maximum absolute atomic E-state index is 13.4. The normalized spacial score (nSPS) is 10.7. The number of nitrogens with one attached hydrogen (secondary N) is 1. The fraction of sp³-hybridized carbons (Fsp3) is 0.167. The van der Waals surface area contributed by atoms with Gasteiger partial charge < -0.3 is 9.47 Å². The van der Waals surface area contributed by atoms with Crippen LogP contribution in [0.2, 0.25) is 0 Å². The van der Waals surface area contributed by atoms with Gasteiger partial charge >= 0.3 is 5.97 Å². The molecule has 4 rings (SSSR count). The monoisotopic (exact) mass is 480 g/mol. The highest BCUT2D eigenvalue weighted by Crippen LogP contribution is 2.28. The van der Waals surface area contributed by atoms with Gasteiger partial charge in [0.25, 0.3) is 5.91 Å². The van der Waals surface area contributed by atoms with E-state index in [4.69, 9.17) is 9.47 Å². The van der Waals surface area contributed by atoms with Gasteiger partial charge in [-0.15, -0.1) is 11.3 Å². The van der Waals surface area contributed by atoms with Gasteiger partial charge in [0.1, 0.15) is 17.3 Å². The zero-order valence-electron chi connectivity index (χ0n) is 18.4. The predicted octanol–water partition coefficient (Wildman–Crippen LogP) is 4.50. The molecule has 0 aliphatic heterocycles. The number of amides is 1. The molecule has 0 saturated heterocycles. The molecule has 1 N–H and O–H groups in total. The van der Waals surface area contributed by atoms with Gasteiger partial charge in [0.2, 0.25) is 0 Å². The third-order valence-electron chi connectivity index (χ3n) is 4.80. The molecule has 4 aromatic rings. The summed E-state index contributed by atoms with van der Waals surface area (Å²) in [6, 6.07) is 13.0. The van der Waals surface area contributed by atoms with E-state index in [1.54, 1.807) is 55.9 Å². The lowest BCUT2D eigenvalue weighted by atomic mass is 10.1. The SMILES string of the molecule is CCOC(=O)Cc1csc(NC(=O)c2cn(-c3ccc(F)cc3)nc2-c2cccc(OC)c2)n1. The van der Waals surface area contributed by atoms with Crippen LogP contribution < -0.4 is 10.1 Å². The van der Waals surface area contributed by atoms with Gasteiger partial charge in [-0.2, -0.15) is 5.10 Å². The number of carbonyl (C=O) groups excluding carboxylic acids is 2. The van der Waals surface area contributed by atoms with Gasteiger partial charge in [-0.25, -0.2) is 14.1 Å². The van der Waals surface area contributed by atoms with Crippen LogP contribution >= 0.6 is 11.3 Å². The highest BCUT2D eigenvalue weighted by Gasteiger charge is 2.21. The second kappa shape index (κ2) is 10.3. The average Bonchev–Trinajstić information content (AvgIpc) is 3.47. The summed E-state index contributed by atoms with van der Waals surface area (Å²) in [5, 5.41) is 9.39. The van der Waals surface area contributed by atoms with Crippen molar-refractivity contribution in [1.82, 2.24) is 14.8 Å². The molecule has 2 heterocycles. The maximum atomic E-state index is 13.4. The molecule has 34 heavy (non-hydrogen) atoms. The van der Waals surface area contributed by atoms with E-state index in [0.29, 0.717) is 39.1 Å². The Bertz CT molecular complexity index is 1320. The van der Waals surface area contributed by atoms with Crippen LogP contribution in [0.25, 0.3) is 16.9 Å². The van der Waals surface area contributed by atoms with Crippen LogP contribution in [0.5, 0.6) is 5.75 Å². The number of carbonyl (C=O) groups is 2. The number of ether oxygens (including phenoxy) is 2. The van der Waals surface area contributed by atoms with Gasteiger partial charge in [0.05, 0.1) is 37.1 Å². The molecule has 10 heteroatoms. The van der Waals surface area contributed by atoms with E-state index in [-0.39, 0.29) is 24.8 Å². The Morgan fingerprint density at radius 3 is 2.71 bits per heavy atom. The molecule has 174 valence electrons. The number of hydrogen-bond donors (Lipinski definition) is 1. The predicted molar refractivity (Wildman–Crippen MR) is 126 cm³/mol. The summed E-state index contributed by atoms with van der Waals surface area (Å²) in [5.74, 6) is -0.567. The Labute approximate surface area is 199 Å². The number of anilines is 1. The van der Waals surface area contributed by atoms with E-state index in [9.17, 15) is 14.0 Å². The first kappa shape index (κ1) is 23.1. The fourth-order valence-electron chi connectivity index (χ4n) is 3.22. The maximum Gasteiger partial charge on any atom is 0.311 e. The molecule has 2 aromatic heterocycles. The minimum Gasteiger partial charge on any atom is -0.497 e. The summed E-state index contributed by atoms with van der Waals surface area (Å²) in [6.07, 6.45) is 1.60. The Morgan fingerprint density at radius 2 is 1.97 bits per heavy atom. The van der Waals surface area contributed by atoms with Crippen LogP contribution in [0.1, 0.15) is 23.0 Å². The second-order valence-electron chi connectivity index (χ2n) is 7.12. The van der Waals surface area contributed by atoms with Crippen molar-refractivity contribution in [3.8, 4) is 22.7 Å². The molecule has 0 aliphatic rings. The summed E-state index contributed by atoms with van der Waals surface area (Å²) in [5.41, 5.74) is 2.49. The van der Waals surface area contributed by atoms with Crippen molar-refractivity contribution in [2.45, 2.75) is 13.3 Å². The lowest BCUT2D eigenvalue weighted by Crippen LogP contribution is -2.12. The van der Waals surface area contributed by atoms with Crippen LogP contribution in [0.4, 0.5) is 9.52 Å². The minimum atomic E-state index is -0.428. The van der Waals surface area contributed by atoms with E-state index in [1.807, 2.05) is 6.07 Å². The second-order valence-corrected chi connectivity index (χ2v) is 7.98. The molecule has 8 nitrogen and oxygen atoms in total. The molecule has 0 aliphatic carbocycles. The number of rotatable bonds is 8. The van der Waals surface area contributed by atoms with Gasteiger partial charge in [-0.05, 0) is 43.3 Å². The Balaban J connectivity index is 1.65. The van der Waals surface area contributed by atoms with Gasteiger partial charge in [0.15, 0.2) is 5.13 Å². The first-order chi connectivity index (χ1) is 16.5. The number of halogens is 1. The summed E-state index contributed by atoms with van der Waals surface area (Å²) in [4.78, 5) is 29.2. The average molecular weight is 481 g/mol. The lowest BCUT2D eigenvalue weighted by molar-refractivity contribution is -0.142. The summed E-state index contributed by atoms with van der Waals surface area (Å²) in [7, 11) is 1.56. The van der Waals surface area contributed by atoms with Crippen LogP contribution in [0.15, 0.2) is 60.1 Å². The number of esters is 1. The topological polar surface area (TPSA) is 95.3 Å². The van der Waals surface area contributed by atoms with E-state index in [1.165, 1.54) is 28.2 Å². The highest BCUT2D eigenvalue weighted by atomic mass is 32.1. The Kier molecular flexibility index (Phi) is 6.98. The molecule has 0 saturated carbocycles. The van der Waals surface area contributed by atoms with Crippen LogP contribution in [-0.2, 0) is 16.0 Å². The van der Waals surface area contributed by atoms with Crippen molar-refractivity contribution < 1.29 is 23.5 Å². The van der Waals surface area contributed by atoms with E-state index in [0.717, 1.165) is 0 Å². The zero-order valence-corrected chi connectivity index (χ0v) is 19.3. The first-order valence-electron chi connectivity index (χ1n) is 10.4. The lowest BCUT2D eigenvalue weighted by Gasteiger charge is -2.05. The fourth-order valence-corrected chi connectivity index (χ4v) is 3.92. The quantitative estimate of drug-likeness (QED) is 0.373. The van der Waals surface area contributed by atoms with Gasteiger partial charge in [-0.1, -0.05) is 12.1 Å². The van der Waals surface area contributed by atoms with E-state index in [2.05, 4.69) is 15.4 Å². The molecule has 0 radical (unpaired) electrons. The summed E-state index contributed by atoms with van der Waals surface area (Å²) >= 11 is 1.21. The molecule has 0 bridgehead atoms. The third-order valence-corrected chi connectivity index (χ3v) is 5.60. The van der Waals surface area contributed by atoms with Gasteiger partial charge in [-0.3, -0.25) is 14.9 Å². The van der Waals surface area contributed by atoms with E-state index < -0.39 is 5.91 Å². The van der Waals surface area contributed by atoms with Crippen molar-refractivity contribution in [1.29, 1.82) is 0 Å². The molecule has 0 spiro atoms. The molecule has 0 fully saturated rings.